The molecule has 0 radical (unpaired) electrons. The molecule has 0 aliphatic carbocycles. The zero-order valence-electron chi connectivity index (χ0n) is 5.27. The van der Waals surface area contributed by atoms with Crippen LogP contribution in [0.4, 0.5) is 0 Å². The molecule has 0 saturated heterocycles. The Balaban J connectivity index is 3.04. The molecule has 0 unspecified atom stereocenters. The van der Waals surface area contributed by atoms with Crippen LogP contribution in [-0.2, 0) is 0 Å². The maximum atomic E-state index is 5.68. The number of hydrogen-bond donors (Lipinski definition) is 0. The smallest absolute Gasteiger partial charge is 0.147 e. The second-order valence-electron chi connectivity index (χ2n) is 1.65. The third kappa shape index (κ3) is 1.78. The zero-order chi connectivity index (χ0) is 7.56. The molecule has 0 saturated carbocycles. The number of aromatic nitrogens is 1. The largest absolute Gasteiger partial charge is 0.242 e. The first-order chi connectivity index (χ1) is 4.74. The van der Waals surface area contributed by atoms with Crippen LogP contribution >= 0.6 is 35.0 Å². The van der Waals surface area contributed by atoms with Gasteiger partial charge in [-0.25, -0.2) is 4.98 Å². The van der Waals surface area contributed by atoms with Crippen molar-refractivity contribution in [3.05, 3.63) is 22.4 Å². The summed E-state index contributed by atoms with van der Waals surface area (Å²) in [5, 5.41) is 0.869. The van der Waals surface area contributed by atoms with Gasteiger partial charge in [0.1, 0.15) is 5.15 Å². The van der Waals surface area contributed by atoms with Gasteiger partial charge >= 0.3 is 0 Å². The SMILES string of the molecule is CSc1cnc(Cl)c(Cl)c1. The van der Waals surface area contributed by atoms with Gasteiger partial charge < -0.3 is 0 Å². The molecule has 0 aromatic carbocycles. The normalized spacial score (nSPS) is 9.90. The zero-order valence-corrected chi connectivity index (χ0v) is 7.59. The van der Waals surface area contributed by atoms with Crippen LogP contribution in [-0.4, -0.2) is 11.2 Å². The molecule has 0 bridgehead atoms. The maximum absolute atomic E-state index is 5.68. The van der Waals surface area contributed by atoms with E-state index in [1.54, 1.807) is 24.0 Å². The van der Waals surface area contributed by atoms with E-state index in [-0.39, 0.29) is 0 Å². The molecule has 1 aromatic rings. The fourth-order valence-corrected chi connectivity index (χ4v) is 1.24. The lowest BCUT2D eigenvalue weighted by molar-refractivity contribution is 1.24. The van der Waals surface area contributed by atoms with E-state index >= 15 is 0 Å². The molecule has 1 rings (SSSR count). The summed E-state index contributed by atoms with van der Waals surface area (Å²) in [4.78, 5) is 4.88. The van der Waals surface area contributed by atoms with Crippen molar-refractivity contribution in [3.63, 3.8) is 0 Å². The summed E-state index contributed by atoms with van der Waals surface area (Å²) in [6, 6.07) is 1.79. The van der Waals surface area contributed by atoms with E-state index in [4.69, 9.17) is 23.2 Å². The highest BCUT2D eigenvalue weighted by atomic mass is 35.5. The van der Waals surface area contributed by atoms with E-state index in [1.165, 1.54) is 0 Å². The maximum Gasteiger partial charge on any atom is 0.147 e. The number of hydrogen-bond acceptors (Lipinski definition) is 2. The van der Waals surface area contributed by atoms with Crippen molar-refractivity contribution in [3.8, 4) is 0 Å². The molecule has 0 amide bonds. The third-order valence-corrected chi connectivity index (χ3v) is 2.39. The van der Waals surface area contributed by atoms with Crippen molar-refractivity contribution in [2.75, 3.05) is 6.26 Å². The lowest BCUT2D eigenvalue weighted by Crippen LogP contribution is -1.77. The molecular weight excluding hydrogens is 189 g/mol. The molecule has 54 valence electrons. The van der Waals surface area contributed by atoms with Crippen molar-refractivity contribution in [2.24, 2.45) is 0 Å². The minimum atomic E-state index is 0.361. The average Bonchev–Trinajstić information content (AvgIpc) is 1.95. The summed E-state index contributed by atoms with van der Waals surface area (Å²) in [6.07, 6.45) is 3.65. The molecule has 0 fully saturated rings. The topological polar surface area (TPSA) is 12.9 Å². The predicted molar refractivity (Wildman–Crippen MR) is 46.0 cm³/mol. The number of halogens is 2. The minimum absolute atomic E-state index is 0.361. The minimum Gasteiger partial charge on any atom is -0.242 e. The van der Waals surface area contributed by atoms with Crippen LogP contribution < -0.4 is 0 Å². The Morgan fingerprint density at radius 3 is 2.70 bits per heavy atom. The molecule has 10 heavy (non-hydrogen) atoms. The van der Waals surface area contributed by atoms with Crippen LogP contribution in [0.2, 0.25) is 10.2 Å². The van der Waals surface area contributed by atoms with E-state index < -0.39 is 0 Å². The first kappa shape index (κ1) is 8.18. The van der Waals surface area contributed by atoms with E-state index in [1.807, 2.05) is 6.26 Å². The van der Waals surface area contributed by atoms with E-state index in [0.29, 0.717) is 10.2 Å². The standard InChI is InChI=1S/C6H5Cl2NS/c1-10-4-2-5(7)6(8)9-3-4/h2-3H,1H3. The lowest BCUT2D eigenvalue weighted by atomic mass is 10.5. The van der Waals surface area contributed by atoms with E-state index in [9.17, 15) is 0 Å². The fraction of sp³-hybridized carbons (Fsp3) is 0.167. The van der Waals surface area contributed by atoms with Crippen molar-refractivity contribution < 1.29 is 0 Å². The Morgan fingerprint density at radius 1 is 1.50 bits per heavy atom. The molecule has 0 spiro atoms. The van der Waals surface area contributed by atoms with E-state index in [0.717, 1.165) is 4.90 Å². The highest BCUT2D eigenvalue weighted by molar-refractivity contribution is 7.98. The van der Waals surface area contributed by atoms with Crippen LogP contribution in [0.15, 0.2) is 17.2 Å². The van der Waals surface area contributed by atoms with Crippen LogP contribution in [0, 0.1) is 0 Å². The van der Waals surface area contributed by atoms with Gasteiger partial charge in [0.25, 0.3) is 0 Å². The predicted octanol–water partition coefficient (Wildman–Crippen LogP) is 3.11. The lowest BCUT2D eigenvalue weighted by Gasteiger charge is -1.96. The van der Waals surface area contributed by atoms with Gasteiger partial charge in [-0.1, -0.05) is 23.2 Å². The van der Waals surface area contributed by atoms with Gasteiger partial charge in [-0.15, -0.1) is 11.8 Å². The first-order valence-electron chi connectivity index (χ1n) is 2.59. The number of rotatable bonds is 1. The van der Waals surface area contributed by atoms with Gasteiger partial charge in [-0.3, -0.25) is 0 Å². The van der Waals surface area contributed by atoms with Gasteiger partial charge in [0.05, 0.1) is 5.02 Å². The highest BCUT2D eigenvalue weighted by Crippen LogP contribution is 2.23. The first-order valence-corrected chi connectivity index (χ1v) is 4.57. The molecule has 1 nitrogen and oxygen atoms in total. The Hall–Kier alpha value is 0.0800. The van der Waals surface area contributed by atoms with Crippen LogP contribution in [0.3, 0.4) is 0 Å². The van der Waals surface area contributed by atoms with E-state index in [2.05, 4.69) is 4.98 Å². The van der Waals surface area contributed by atoms with Gasteiger partial charge in [0, 0.05) is 11.1 Å². The molecule has 0 N–H and O–H groups in total. The number of nitrogens with zero attached hydrogens (tertiary/aromatic N) is 1. The molecular formula is C6H5Cl2NS. The van der Waals surface area contributed by atoms with Gasteiger partial charge in [-0.05, 0) is 12.3 Å². The number of pyridine rings is 1. The Kier molecular flexibility index (Phi) is 2.83. The van der Waals surface area contributed by atoms with Gasteiger partial charge in [0.2, 0.25) is 0 Å². The number of thioether (sulfide) groups is 1. The molecule has 0 aliphatic heterocycles. The molecule has 1 heterocycles. The van der Waals surface area contributed by atoms with Crippen molar-refractivity contribution in [1.29, 1.82) is 0 Å². The van der Waals surface area contributed by atoms with Crippen molar-refractivity contribution in [1.82, 2.24) is 4.98 Å². The summed E-state index contributed by atoms with van der Waals surface area (Å²) >= 11 is 12.9. The monoisotopic (exact) mass is 193 g/mol. The second-order valence-corrected chi connectivity index (χ2v) is 3.29. The quantitative estimate of drug-likeness (QED) is 0.503. The molecule has 4 heteroatoms. The summed E-state index contributed by atoms with van der Waals surface area (Å²) in [5.41, 5.74) is 0. The van der Waals surface area contributed by atoms with Gasteiger partial charge in [0.15, 0.2) is 0 Å². The Bertz CT molecular complexity index is 239. The molecule has 1 aromatic heterocycles. The fourth-order valence-electron chi connectivity index (χ4n) is 0.515. The summed E-state index contributed by atoms with van der Waals surface area (Å²) in [5.74, 6) is 0. The highest BCUT2D eigenvalue weighted by Gasteiger charge is 1.98. The molecule has 0 atom stereocenters. The average molecular weight is 194 g/mol. The van der Waals surface area contributed by atoms with Crippen LogP contribution in [0.25, 0.3) is 0 Å². The van der Waals surface area contributed by atoms with Crippen molar-refractivity contribution in [2.45, 2.75) is 4.90 Å². The summed E-state index contributed by atoms with van der Waals surface area (Å²) < 4.78 is 0. The Labute approximate surface area is 73.7 Å². The third-order valence-electron chi connectivity index (χ3n) is 1.01. The summed E-state index contributed by atoms with van der Waals surface area (Å²) in [7, 11) is 0. The van der Waals surface area contributed by atoms with Crippen LogP contribution in [0.1, 0.15) is 0 Å². The Morgan fingerprint density at radius 2 is 2.20 bits per heavy atom. The molecule has 0 aliphatic rings. The van der Waals surface area contributed by atoms with Gasteiger partial charge in [-0.2, -0.15) is 0 Å². The van der Waals surface area contributed by atoms with Crippen molar-refractivity contribution >= 4 is 35.0 Å². The summed E-state index contributed by atoms with van der Waals surface area (Å²) in [6.45, 7) is 0. The van der Waals surface area contributed by atoms with Crippen LogP contribution in [0.5, 0.6) is 0 Å². The second kappa shape index (κ2) is 3.46.